The second-order valence-corrected chi connectivity index (χ2v) is 8.57. The van der Waals surface area contributed by atoms with E-state index in [0.717, 1.165) is 39.3 Å². The van der Waals surface area contributed by atoms with Gasteiger partial charge in [-0.05, 0) is 53.6 Å². The standard InChI is InChI=1S/C29H19Cl2NO/c30-24-13-11-22(12-14-24)28-18-23(20-7-3-1-4-8-20)17-27(21-9-5-2-6-10-21)32(28)25-15-16-29(33)26(31)19-25/h1-19H/p+1. The van der Waals surface area contributed by atoms with E-state index in [1.165, 1.54) is 0 Å². The Bertz CT molecular complexity index is 1420. The zero-order valence-electron chi connectivity index (χ0n) is 17.6. The molecule has 0 radical (unpaired) electrons. The molecule has 0 bridgehead atoms. The first kappa shape index (κ1) is 21.3. The van der Waals surface area contributed by atoms with Crippen LogP contribution in [0.25, 0.3) is 39.3 Å². The summed E-state index contributed by atoms with van der Waals surface area (Å²) in [5.41, 5.74) is 7.13. The van der Waals surface area contributed by atoms with Crippen LogP contribution in [0.5, 0.6) is 5.75 Å². The lowest BCUT2D eigenvalue weighted by Gasteiger charge is -2.13. The number of rotatable bonds is 4. The summed E-state index contributed by atoms with van der Waals surface area (Å²) in [4.78, 5) is 0. The van der Waals surface area contributed by atoms with E-state index in [1.54, 1.807) is 12.1 Å². The highest BCUT2D eigenvalue weighted by Gasteiger charge is 2.25. The minimum absolute atomic E-state index is 0.0521. The number of aromatic nitrogens is 1. The first-order valence-corrected chi connectivity index (χ1v) is 11.3. The van der Waals surface area contributed by atoms with E-state index in [-0.39, 0.29) is 5.75 Å². The molecule has 0 aliphatic carbocycles. The largest absolute Gasteiger partial charge is 0.506 e. The third-order valence-corrected chi connectivity index (χ3v) is 6.13. The second-order valence-electron chi connectivity index (χ2n) is 7.72. The summed E-state index contributed by atoms with van der Waals surface area (Å²) in [5, 5.41) is 11.0. The van der Waals surface area contributed by atoms with Crippen LogP contribution in [0, 0.1) is 0 Å². The van der Waals surface area contributed by atoms with E-state index in [1.807, 2.05) is 66.7 Å². The Balaban J connectivity index is 1.88. The molecule has 4 aromatic carbocycles. The van der Waals surface area contributed by atoms with Crippen LogP contribution in [0.1, 0.15) is 0 Å². The summed E-state index contributed by atoms with van der Waals surface area (Å²) < 4.78 is 2.16. The van der Waals surface area contributed by atoms with Crippen LogP contribution in [0.3, 0.4) is 0 Å². The van der Waals surface area contributed by atoms with Crippen LogP contribution in [0.2, 0.25) is 10.0 Å². The van der Waals surface area contributed by atoms with E-state index in [9.17, 15) is 5.11 Å². The van der Waals surface area contributed by atoms with Crippen LogP contribution in [0.4, 0.5) is 0 Å². The molecule has 5 rings (SSSR count). The van der Waals surface area contributed by atoms with Gasteiger partial charge in [0, 0.05) is 40.4 Å². The van der Waals surface area contributed by atoms with Crippen molar-refractivity contribution in [3.63, 3.8) is 0 Å². The number of aromatic hydroxyl groups is 1. The smallest absolute Gasteiger partial charge is 0.219 e. The fourth-order valence-electron chi connectivity index (χ4n) is 3.96. The summed E-state index contributed by atoms with van der Waals surface area (Å²) in [6, 6.07) is 38.0. The third kappa shape index (κ3) is 4.36. The number of phenolic OH excluding ortho intramolecular Hbond substituents is 1. The highest BCUT2D eigenvalue weighted by Crippen LogP contribution is 2.32. The molecule has 0 spiro atoms. The molecule has 160 valence electrons. The molecule has 1 N–H and O–H groups in total. The summed E-state index contributed by atoms with van der Waals surface area (Å²) in [6.07, 6.45) is 0. The number of halogens is 2. The molecule has 1 heterocycles. The van der Waals surface area contributed by atoms with Crippen molar-refractivity contribution in [1.29, 1.82) is 0 Å². The van der Waals surface area contributed by atoms with Crippen LogP contribution in [-0.2, 0) is 0 Å². The van der Waals surface area contributed by atoms with Gasteiger partial charge in [0.25, 0.3) is 0 Å². The van der Waals surface area contributed by atoms with E-state index in [4.69, 9.17) is 23.2 Å². The predicted octanol–water partition coefficient (Wildman–Crippen LogP) is 7.98. The molecule has 2 nitrogen and oxygen atoms in total. The molecule has 0 amide bonds. The number of nitrogens with zero attached hydrogens (tertiary/aromatic N) is 1. The maximum atomic E-state index is 10.0. The lowest BCUT2D eigenvalue weighted by molar-refractivity contribution is -0.572. The fourth-order valence-corrected chi connectivity index (χ4v) is 4.26. The zero-order chi connectivity index (χ0) is 22.8. The highest BCUT2D eigenvalue weighted by atomic mass is 35.5. The van der Waals surface area contributed by atoms with Gasteiger partial charge in [0.05, 0.1) is 5.02 Å². The topological polar surface area (TPSA) is 24.1 Å². The summed E-state index contributed by atoms with van der Waals surface area (Å²) in [7, 11) is 0. The van der Waals surface area contributed by atoms with Crippen molar-refractivity contribution in [2.45, 2.75) is 0 Å². The van der Waals surface area contributed by atoms with Gasteiger partial charge in [0.1, 0.15) is 5.75 Å². The maximum absolute atomic E-state index is 10.0. The van der Waals surface area contributed by atoms with Crippen molar-refractivity contribution in [3.8, 4) is 45.1 Å². The van der Waals surface area contributed by atoms with Crippen molar-refractivity contribution in [3.05, 3.63) is 125 Å². The number of pyridine rings is 1. The quantitative estimate of drug-likeness (QED) is 0.265. The van der Waals surface area contributed by atoms with Gasteiger partial charge in [-0.15, -0.1) is 0 Å². The lowest BCUT2D eigenvalue weighted by Crippen LogP contribution is -2.36. The van der Waals surface area contributed by atoms with E-state index >= 15 is 0 Å². The average molecular weight is 469 g/mol. The van der Waals surface area contributed by atoms with Crippen LogP contribution >= 0.6 is 23.2 Å². The van der Waals surface area contributed by atoms with Crippen molar-refractivity contribution in [2.24, 2.45) is 0 Å². The van der Waals surface area contributed by atoms with Gasteiger partial charge >= 0.3 is 0 Å². The van der Waals surface area contributed by atoms with Gasteiger partial charge in [-0.3, -0.25) is 0 Å². The molecule has 1 aromatic heterocycles. The number of hydrogen-bond acceptors (Lipinski definition) is 1. The molecule has 0 unspecified atom stereocenters. The average Bonchev–Trinajstić information content (AvgIpc) is 2.86. The Kier molecular flexibility index (Phi) is 5.87. The number of benzene rings is 4. The predicted molar refractivity (Wildman–Crippen MR) is 136 cm³/mol. The lowest BCUT2D eigenvalue weighted by atomic mass is 9.98. The van der Waals surface area contributed by atoms with Crippen molar-refractivity contribution in [2.75, 3.05) is 0 Å². The van der Waals surface area contributed by atoms with Crippen molar-refractivity contribution in [1.82, 2.24) is 0 Å². The van der Waals surface area contributed by atoms with Gasteiger partial charge in [-0.25, -0.2) is 0 Å². The minimum atomic E-state index is 0.0521. The van der Waals surface area contributed by atoms with Gasteiger partial charge in [0.15, 0.2) is 0 Å². The van der Waals surface area contributed by atoms with Crippen molar-refractivity contribution < 1.29 is 9.67 Å². The van der Waals surface area contributed by atoms with Crippen LogP contribution in [-0.4, -0.2) is 5.11 Å². The van der Waals surface area contributed by atoms with E-state index < -0.39 is 0 Å². The SMILES string of the molecule is Oc1ccc(-[n+]2c(-c3ccccc3)cc(-c3ccccc3)cc2-c2ccc(Cl)cc2)cc1Cl. The molecule has 0 atom stereocenters. The molecular formula is C29H20Cl2NO+. The molecule has 0 fully saturated rings. The maximum Gasteiger partial charge on any atom is 0.219 e. The zero-order valence-corrected chi connectivity index (χ0v) is 19.1. The highest BCUT2D eigenvalue weighted by molar-refractivity contribution is 6.32. The van der Waals surface area contributed by atoms with Crippen LogP contribution in [0.15, 0.2) is 115 Å². The van der Waals surface area contributed by atoms with Gasteiger partial charge in [0.2, 0.25) is 17.1 Å². The van der Waals surface area contributed by atoms with Gasteiger partial charge in [-0.2, -0.15) is 4.57 Å². The molecule has 0 saturated heterocycles. The van der Waals surface area contributed by atoms with Gasteiger partial charge in [-0.1, -0.05) is 71.7 Å². The Morgan fingerprint density at radius 2 is 1.06 bits per heavy atom. The van der Waals surface area contributed by atoms with Gasteiger partial charge < -0.3 is 5.11 Å². The second kappa shape index (κ2) is 9.11. The monoisotopic (exact) mass is 468 g/mol. The summed E-state index contributed by atoms with van der Waals surface area (Å²) in [6.45, 7) is 0. The molecule has 5 aromatic rings. The molecule has 4 heteroatoms. The number of phenols is 1. The first-order chi connectivity index (χ1) is 16.1. The fraction of sp³-hybridized carbons (Fsp3) is 0. The molecule has 33 heavy (non-hydrogen) atoms. The first-order valence-electron chi connectivity index (χ1n) is 10.6. The number of hydrogen-bond donors (Lipinski definition) is 1. The van der Waals surface area contributed by atoms with E-state index in [0.29, 0.717) is 10.0 Å². The van der Waals surface area contributed by atoms with Crippen LogP contribution < -0.4 is 4.57 Å². The normalized spacial score (nSPS) is 10.8. The summed E-state index contributed by atoms with van der Waals surface area (Å²) in [5.74, 6) is 0.0521. The molecule has 0 aliphatic heterocycles. The Hall–Kier alpha value is -3.59. The Morgan fingerprint density at radius 1 is 0.515 bits per heavy atom. The Morgan fingerprint density at radius 3 is 1.64 bits per heavy atom. The Labute approximate surface area is 202 Å². The molecule has 0 aliphatic rings. The third-order valence-electron chi connectivity index (χ3n) is 5.57. The summed E-state index contributed by atoms with van der Waals surface area (Å²) >= 11 is 12.5. The minimum Gasteiger partial charge on any atom is -0.506 e. The molecular weight excluding hydrogens is 449 g/mol. The molecule has 0 saturated carbocycles. The van der Waals surface area contributed by atoms with Crippen molar-refractivity contribution >= 4 is 23.2 Å². The van der Waals surface area contributed by atoms with E-state index in [2.05, 4.69) is 41.0 Å².